The van der Waals surface area contributed by atoms with Crippen molar-refractivity contribution in [3.8, 4) is 0 Å². The molecule has 0 radical (unpaired) electrons. The van der Waals surface area contributed by atoms with Crippen LogP contribution in [0.4, 0.5) is 0 Å². The Bertz CT molecular complexity index is 420. The van der Waals surface area contributed by atoms with Crippen LogP contribution in [-0.4, -0.2) is 17.0 Å². The average molecular weight is 252 g/mol. The van der Waals surface area contributed by atoms with Crippen molar-refractivity contribution >= 4 is 29.2 Å². The van der Waals surface area contributed by atoms with Crippen molar-refractivity contribution < 1.29 is 14.4 Å². The Morgan fingerprint density at radius 2 is 1.94 bits per heavy atom. The van der Waals surface area contributed by atoms with Gasteiger partial charge in [-0.2, -0.15) is 5.48 Å². The molecule has 5 nitrogen and oxygen atoms in total. The van der Waals surface area contributed by atoms with Gasteiger partial charge in [-0.1, -0.05) is 25.1 Å². The van der Waals surface area contributed by atoms with E-state index in [2.05, 4.69) is 10.8 Å². The summed E-state index contributed by atoms with van der Waals surface area (Å²) < 4.78 is 0. The van der Waals surface area contributed by atoms with Crippen molar-refractivity contribution in [3.05, 3.63) is 35.9 Å². The lowest BCUT2D eigenvalue weighted by Crippen LogP contribution is -2.39. The number of hydrogen-bond donors (Lipinski definition) is 2. The largest absolute Gasteiger partial charge is 0.362 e. The maximum absolute atomic E-state index is 11.4. The monoisotopic (exact) mass is 252 g/mol. The van der Waals surface area contributed by atoms with Crippen LogP contribution >= 0.6 is 12.2 Å². The summed E-state index contributed by atoms with van der Waals surface area (Å²) in [4.78, 5) is 27.1. The number of amides is 1. The van der Waals surface area contributed by atoms with E-state index >= 15 is 0 Å². The summed E-state index contributed by atoms with van der Waals surface area (Å²) in [6.45, 7) is 1.69. The fourth-order valence-electron chi connectivity index (χ4n) is 0.966. The number of carbonyl (C=O) groups excluding carboxylic acids is 2. The zero-order valence-corrected chi connectivity index (χ0v) is 10.0. The Morgan fingerprint density at radius 1 is 1.29 bits per heavy atom. The molecule has 6 heteroatoms. The van der Waals surface area contributed by atoms with Crippen LogP contribution < -0.4 is 10.8 Å². The van der Waals surface area contributed by atoms with E-state index in [1.54, 1.807) is 37.3 Å². The van der Waals surface area contributed by atoms with E-state index in [0.29, 0.717) is 12.0 Å². The molecule has 0 aromatic heterocycles. The van der Waals surface area contributed by atoms with E-state index in [1.807, 2.05) is 0 Å². The molecule has 0 fully saturated rings. The van der Waals surface area contributed by atoms with Crippen molar-refractivity contribution in [1.29, 1.82) is 0 Å². The van der Waals surface area contributed by atoms with Gasteiger partial charge in [-0.25, -0.2) is 4.79 Å². The van der Waals surface area contributed by atoms with Crippen LogP contribution in [0, 0.1) is 0 Å². The smallest absolute Gasteiger partial charge is 0.336 e. The Labute approximate surface area is 104 Å². The van der Waals surface area contributed by atoms with Crippen LogP contribution in [0.15, 0.2) is 30.3 Å². The molecule has 1 aromatic rings. The molecular formula is C11H12N2O3S. The topological polar surface area (TPSA) is 67.4 Å². The van der Waals surface area contributed by atoms with Crippen LogP contribution in [-0.2, 0) is 9.63 Å². The molecule has 0 heterocycles. The molecule has 0 aliphatic rings. The van der Waals surface area contributed by atoms with E-state index in [9.17, 15) is 9.59 Å². The standard InChI is InChI=1S/C11H12N2O3S/c1-2-9(14)12-11(17)13-16-10(15)8-6-4-3-5-7-8/h3-7H,2H2,1H3,(H2,12,13,14,17). The fraction of sp³-hybridized carbons (Fsp3) is 0.182. The van der Waals surface area contributed by atoms with Gasteiger partial charge in [0.25, 0.3) is 0 Å². The molecule has 90 valence electrons. The Hall–Kier alpha value is -1.95. The first-order chi connectivity index (χ1) is 8.13. The number of hydrogen-bond acceptors (Lipinski definition) is 4. The second-order valence-electron chi connectivity index (χ2n) is 3.09. The molecule has 1 rings (SSSR count). The molecule has 1 amide bonds. The van der Waals surface area contributed by atoms with Crippen molar-refractivity contribution in [3.63, 3.8) is 0 Å². The van der Waals surface area contributed by atoms with Crippen LogP contribution in [0.5, 0.6) is 0 Å². The van der Waals surface area contributed by atoms with Crippen molar-refractivity contribution in [1.82, 2.24) is 10.8 Å². The van der Waals surface area contributed by atoms with Gasteiger partial charge in [-0.05, 0) is 24.4 Å². The van der Waals surface area contributed by atoms with Gasteiger partial charge in [0.05, 0.1) is 5.56 Å². The van der Waals surface area contributed by atoms with Gasteiger partial charge in [0.15, 0.2) is 0 Å². The molecule has 2 N–H and O–H groups in total. The average Bonchev–Trinajstić information content (AvgIpc) is 2.36. The number of nitrogens with one attached hydrogen (secondary N) is 2. The Balaban J connectivity index is 2.39. The molecule has 0 unspecified atom stereocenters. The van der Waals surface area contributed by atoms with Crippen LogP contribution in [0.25, 0.3) is 0 Å². The summed E-state index contributed by atoms with van der Waals surface area (Å²) in [6, 6.07) is 8.44. The van der Waals surface area contributed by atoms with Gasteiger partial charge < -0.3 is 10.2 Å². The molecular weight excluding hydrogens is 240 g/mol. The molecule has 0 aliphatic heterocycles. The van der Waals surface area contributed by atoms with Crippen LogP contribution in [0.3, 0.4) is 0 Å². The van der Waals surface area contributed by atoms with Gasteiger partial charge >= 0.3 is 5.97 Å². The molecule has 0 bridgehead atoms. The van der Waals surface area contributed by atoms with E-state index < -0.39 is 5.97 Å². The van der Waals surface area contributed by atoms with Gasteiger partial charge in [-0.3, -0.25) is 4.79 Å². The summed E-state index contributed by atoms with van der Waals surface area (Å²) in [5.74, 6) is -0.822. The van der Waals surface area contributed by atoms with Crippen LogP contribution in [0.1, 0.15) is 23.7 Å². The summed E-state index contributed by atoms with van der Waals surface area (Å²) in [5.41, 5.74) is 2.59. The lowest BCUT2D eigenvalue weighted by Gasteiger charge is -2.08. The van der Waals surface area contributed by atoms with Crippen molar-refractivity contribution in [2.75, 3.05) is 0 Å². The SMILES string of the molecule is CCC(=O)NC(=S)NOC(=O)c1ccccc1. The second kappa shape index (κ2) is 6.59. The maximum Gasteiger partial charge on any atom is 0.362 e. The van der Waals surface area contributed by atoms with E-state index in [0.717, 1.165) is 0 Å². The van der Waals surface area contributed by atoms with Gasteiger partial charge in [0.2, 0.25) is 11.0 Å². The molecule has 0 atom stereocenters. The van der Waals surface area contributed by atoms with Gasteiger partial charge in [0.1, 0.15) is 0 Å². The summed E-state index contributed by atoms with van der Waals surface area (Å²) >= 11 is 4.74. The minimum atomic E-state index is -0.571. The lowest BCUT2D eigenvalue weighted by atomic mass is 10.2. The lowest BCUT2D eigenvalue weighted by molar-refractivity contribution is -0.119. The highest BCUT2D eigenvalue weighted by Crippen LogP contribution is 1.99. The normalized spacial score (nSPS) is 9.24. The third kappa shape index (κ3) is 4.60. The summed E-state index contributed by atoms with van der Waals surface area (Å²) in [6.07, 6.45) is 0.300. The first-order valence-corrected chi connectivity index (χ1v) is 5.40. The molecule has 0 saturated carbocycles. The number of thiocarbonyl (C=S) groups is 1. The Morgan fingerprint density at radius 3 is 2.53 bits per heavy atom. The van der Waals surface area contributed by atoms with E-state index in [1.165, 1.54) is 0 Å². The van der Waals surface area contributed by atoms with E-state index in [4.69, 9.17) is 17.1 Å². The molecule has 0 spiro atoms. The number of benzene rings is 1. The number of carbonyl (C=O) groups is 2. The minimum absolute atomic E-state index is 0.0406. The fourth-order valence-corrected chi connectivity index (χ4v) is 1.12. The highest BCUT2D eigenvalue weighted by Gasteiger charge is 2.08. The predicted molar refractivity (Wildman–Crippen MR) is 66.0 cm³/mol. The van der Waals surface area contributed by atoms with Crippen molar-refractivity contribution in [2.24, 2.45) is 0 Å². The summed E-state index contributed by atoms with van der Waals surface area (Å²) in [5, 5.41) is 2.30. The maximum atomic E-state index is 11.4. The highest BCUT2D eigenvalue weighted by atomic mass is 32.1. The minimum Gasteiger partial charge on any atom is -0.336 e. The predicted octanol–water partition coefficient (Wildman–Crippen LogP) is 1.16. The van der Waals surface area contributed by atoms with Gasteiger partial charge in [0, 0.05) is 6.42 Å². The quantitative estimate of drug-likeness (QED) is 0.610. The highest BCUT2D eigenvalue weighted by molar-refractivity contribution is 7.80. The molecule has 0 saturated heterocycles. The third-order valence-corrected chi connectivity index (χ3v) is 2.01. The summed E-state index contributed by atoms with van der Waals surface area (Å²) in [7, 11) is 0. The molecule has 0 aliphatic carbocycles. The van der Waals surface area contributed by atoms with Gasteiger partial charge in [-0.15, -0.1) is 0 Å². The number of rotatable bonds is 2. The van der Waals surface area contributed by atoms with Crippen LogP contribution in [0.2, 0.25) is 0 Å². The second-order valence-corrected chi connectivity index (χ2v) is 3.50. The Kier molecular flexibility index (Phi) is 5.09. The molecule has 17 heavy (non-hydrogen) atoms. The first-order valence-electron chi connectivity index (χ1n) is 4.99. The first kappa shape index (κ1) is 13.1. The molecule has 1 aromatic carbocycles. The zero-order valence-electron chi connectivity index (χ0n) is 9.23. The number of hydroxylamine groups is 1. The van der Waals surface area contributed by atoms with E-state index in [-0.39, 0.29) is 11.0 Å². The zero-order chi connectivity index (χ0) is 12.7. The van der Waals surface area contributed by atoms with Crippen molar-refractivity contribution in [2.45, 2.75) is 13.3 Å². The third-order valence-electron chi connectivity index (χ3n) is 1.82.